The number of carbonyl (C=O) groups excluding carboxylic acids is 1. The summed E-state index contributed by atoms with van der Waals surface area (Å²) in [5.41, 5.74) is 8.55. The molecular weight excluding hydrogens is 437 g/mol. The van der Waals surface area contributed by atoms with Crippen LogP contribution in [0.1, 0.15) is 30.4 Å². The van der Waals surface area contributed by atoms with E-state index in [9.17, 15) is 18.0 Å². The van der Waals surface area contributed by atoms with E-state index in [4.69, 9.17) is 10.5 Å². The molecule has 3 heterocycles. The number of likely N-dealkylation sites (N-methyl/N-ethyl adjacent to an activating group) is 1. The summed E-state index contributed by atoms with van der Waals surface area (Å²) in [5, 5.41) is 0. The molecule has 1 aromatic heterocycles. The number of alkyl halides is 3. The molecule has 33 heavy (non-hydrogen) atoms. The second-order valence-corrected chi connectivity index (χ2v) is 8.39. The number of benzene rings is 1. The van der Waals surface area contributed by atoms with Crippen LogP contribution in [0.2, 0.25) is 0 Å². The molecule has 1 aromatic carbocycles. The lowest BCUT2D eigenvalue weighted by Gasteiger charge is -2.35. The predicted octanol–water partition coefficient (Wildman–Crippen LogP) is 2.97. The third-order valence-electron chi connectivity index (χ3n) is 5.79. The number of likely N-dealkylation sites (tertiary alicyclic amines) is 1. The molecule has 8 nitrogen and oxygen atoms in total. The fraction of sp³-hybridized carbons (Fsp3) is 0.500. The van der Waals surface area contributed by atoms with Gasteiger partial charge in [-0.05, 0) is 37.1 Å². The highest BCUT2D eigenvalue weighted by atomic mass is 19.4. The molecule has 1 saturated heterocycles. The van der Waals surface area contributed by atoms with Crippen LogP contribution < -0.4 is 20.3 Å². The number of hydrogen-bond donors (Lipinski definition) is 1. The Kier molecular flexibility index (Phi) is 6.59. The van der Waals surface area contributed by atoms with Crippen LogP contribution in [0.4, 0.5) is 30.5 Å². The van der Waals surface area contributed by atoms with Crippen molar-refractivity contribution in [3.8, 4) is 6.01 Å². The Hall–Kier alpha value is -3.08. The smallest absolute Gasteiger partial charge is 0.392 e. The van der Waals surface area contributed by atoms with E-state index in [1.165, 1.54) is 23.3 Å². The van der Waals surface area contributed by atoms with E-state index in [0.717, 1.165) is 25.2 Å². The number of rotatable bonds is 7. The number of nitrogens with zero attached hydrogens (tertiary/aromatic N) is 5. The molecule has 0 atom stereocenters. The van der Waals surface area contributed by atoms with Gasteiger partial charge in [-0.25, -0.2) is 0 Å². The van der Waals surface area contributed by atoms with Crippen LogP contribution >= 0.6 is 0 Å². The Morgan fingerprint density at radius 1 is 1.12 bits per heavy atom. The Balaban J connectivity index is 1.56. The van der Waals surface area contributed by atoms with Gasteiger partial charge >= 0.3 is 12.2 Å². The van der Waals surface area contributed by atoms with E-state index >= 15 is 0 Å². The van der Waals surface area contributed by atoms with Gasteiger partial charge in [0.15, 0.2) is 11.6 Å². The van der Waals surface area contributed by atoms with Gasteiger partial charge in [-0.1, -0.05) is 24.3 Å². The van der Waals surface area contributed by atoms with Crippen molar-refractivity contribution in [1.82, 2.24) is 14.9 Å². The first-order valence-corrected chi connectivity index (χ1v) is 10.9. The van der Waals surface area contributed by atoms with Crippen molar-refractivity contribution in [3.63, 3.8) is 0 Å². The molecule has 1 fully saturated rings. The van der Waals surface area contributed by atoms with E-state index < -0.39 is 19.2 Å². The quantitative estimate of drug-likeness (QED) is 0.674. The lowest BCUT2D eigenvalue weighted by molar-refractivity contribution is -0.139. The average molecular weight is 464 g/mol. The van der Waals surface area contributed by atoms with Crippen LogP contribution in [0.5, 0.6) is 6.01 Å². The summed E-state index contributed by atoms with van der Waals surface area (Å²) >= 11 is 0. The molecule has 2 aromatic rings. The van der Waals surface area contributed by atoms with Gasteiger partial charge in [-0.15, -0.1) is 0 Å². The first kappa shape index (κ1) is 23.1. The summed E-state index contributed by atoms with van der Waals surface area (Å²) in [4.78, 5) is 26.4. The van der Waals surface area contributed by atoms with Crippen molar-refractivity contribution in [2.45, 2.75) is 38.5 Å². The number of hydrogen-bond acceptors (Lipinski definition) is 7. The minimum absolute atomic E-state index is 0.0228. The Labute approximate surface area is 190 Å². The molecule has 0 unspecified atom stereocenters. The van der Waals surface area contributed by atoms with Crippen LogP contribution in [0.15, 0.2) is 24.3 Å². The number of aromatic nitrogens is 2. The molecular formula is C22H27F3N6O2. The summed E-state index contributed by atoms with van der Waals surface area (Å²) in [5.74, 6) is 0.152. The molecule has 11 heteroatoms. The van der Waals surface area contributed by atoms with Crippen LogP contribution in [0, 0.1) is 0 Å². The molecule has 2 N–H and O–H groups in total. The van der Waals surface area contributed by atoms with Gasteiger partial charge < -0.3 is 20.3 Å². The van der Waals surface area contributed by atoms with Gasteiger partial charge in [-0.3, -0.25) is 9.69 Å². The summed E-state index contributed by atoms with van der Waals surface area (Å²) < 4.78 is 42.5. The SMILES string of the molecule is CN1C(=O)CN(Cc2cccc(CN3CCCC3)c2)c2nc(OCCC(F)(F)F)nc(N)c21. The van der Waals surface area contributed by atoms with Crippen molar-refractivity contribution in [3.05, 3.63) is 35.4 Å². The molecule has 0 radical (unpaired) electrons. The minimum Gasteiger partial charge on any atom is -0.463 e. The van der Waals surface area contributed by atoms with E-state index in [1.54, 1.807) is 11.9 Å². The zero-order chi connectivity index (χ0) is 23.6. The lowest BCUT2D eigenvalue weighted by Crippen LogP contribution is -2.44. The van der Waals surface area contributed by atoms with Crippen molar-refractivity contribution in [2.75, 3.05) is 48.8 Å². The molecule has 0 aliphatic carbocycles. The summed E-state index contributed by atoms with van der Waals surface area (Å²) in [7, 11) is 1.57. The molecule has 0 spiro atoms. The predicted molar refractivity (Wildman–Crippen MR) is 118 cm³/mol. The maximum absolute atomic E-state index is 12.6. The maximum Gasteiger partial charge on any atom is 0.392 e. The largest absolute Gasteiger partial charge is 0.463 e. The Morgan fingerprint density at radius 2 is 1.82 bits per heavy atom. The summed E-state index contributed by atoms with van der Waals surface area (Å²) in [6, 6.07) is 7.90. The van der Waals surface area contributed by atoms with Crippen LogP contribution in [-0.4, -0.2) is 60.2 Å². The molecule has 1 amide bonds. The van der Waals surface area contributed by atoms with Crippen molar-refractivity contribution >= 4 is 23.2 Å². The van der Waals surface area contributed by atoms with E-state index in [-0.39, 0.29) is 24.3 Å². The normalized spacial score (nSPS) is 16.9. The topological polar surface area (TPSA) is 87.8 Å². The van der Waals surface area contributed by atoms with Gasteiger partial charge in [0.05, 0.1) is 13.0 Å². The minimum atomic E-state index is -4.35. The van der Waals surface area contributed by atoms with Crippen LogP contribution in [0.25, 0.3) is 0 Å². The zero-order valence-electron chi connectivity index (χ0n) is 18.4. The van der Waals surface area contributed by atoms with Gasteiger partial charge in [-0.2, -0.15) is 23.1 Å². The zero-order valence-corrected chi connectivity index (χ0v) is 18.4. The Morgan fingerprint density at radius 3 is 2.52 bits per heavy atom. The highest BCUT2D eigenvalue weighted by Gasteiger charge is 2.32. The first-order chi connectivity index (χ1) is 15.7. The molecule has 2 aliphatic heterocycles. The van der Waals surface area contributed by atoms with Crippen LogP contribution in [-0.2, 0) is 17.9 Å². The summed E-state index contributed by atoms with van der Waals surface area (Å²) in [6.45, 7) is 2.89. The average Bonchev–Trinajstić information content (AvgIpc) is 3.24. The standard InChI is InChI=1S/C22H27F3N6O2/c1-29-17(32)14-31(13-16-6-4-5-15(11-16)12-30-8-2-3-9-30)20-18(29)19(26)27-21(28-20)33-10-7-22(23,24)25/h4-6,11H,2-3,7-10,12-14H2,1H3,(H2,26,27,28). The van der Waals surface area contributed by atoms with Crippen molar-refractivity contribution < 1.29 is 22.7 Å². The van der Waals surface area contributed by atoms with Gasteiger partial charge in [0.1, 0.15) is 12.3 Å². The van der Waals surface area contributed by atoms with Gasteiger partial charge in [0.2, 0.25) is 5.91 Å². The monoisotopic (exact) mass is 464 g/mol. The number of nitrogens with two attached hydrogens (primary N) is 1. The third-order valence-corrected chi connectivity index (χ3v) is 5.79. The number of halogens is 3. The van der Waals surface area contributed by atoms with Crippen LogP contribution in [0.3, 0.4) is 0 Å². The van der Waals surface area contributed by atoms with E-state index in [1.807, 2.05) is 12.1 Å². The summed E-state index contributed by atoms with van der Waals surface area (Å²) in [6.07, 6.45) is -3.04. The number of nitrogen functional groups attached to an aromatic ring is 1. The maximum atomic E-state index is 12.6. The fourth-order valence-electron chi connectivity index (χ4n) is 4.15. The first-order valence-electron chi connectivity index (χ1n) is 10.9. The molecule has 178 valence electrons. The lowest BCUT2D eigenvalue weighted by atomic mass is 10.1. The number of anilines is 3. The number of amides is 1. The van der Waals surface area contributed by atoms with Gasteiger partial charge in [0, 0.05) is 20.1 Å². The fourth-order valence-corrected chi connectivity index (χ4v) is 4.15. The van der Waals surface area contributed by atoms with E-state index in [2.05, 4.69) is 27.0 Å². The molecule has 0 saturated carbocycles. The Bertz CT molecular complexity index is 1010. The second-order valence-electron chi connectivity index (χ2n) is 8.39. The second kappa shape index (κ2) is 9.42. The molecule has 0 bridgehead atoms. The number of fused-ring (bicyclic) bond motifs is 1. The van der Waals surface area contributed by atoms with E-state index in [0.29, 0.717) is 18.1 Å². The molecule has 2 aliphatic rings. The third kappa shape index (κ3) is 5.65. The number of ether oxygens (including phenoxy) is 1. The van der Waals surface area contributed by atoms with Crippen molar-refractivity contribution in [1.29, 1.82) is 0 Å². The van der Waals surface area contributed by atoms with Gasteiger partial charge in [0.25, 0.3) is 0 Å². The van der Waals surface area contributed by atoms with Crippen molar-refractivity contribution in [2.24, 2.45) is 0 Å². The highest BCUT2D eigenvalue weighted by molar-refractivity contribution is 6.04. The highest BCUT2D eigenvalue weighted by Crippen LogP contribution is 2.37. The molecule has 4 rings (SSSR count). The number of carbonyl (C=O) groups is 1.